The van der Waals surface area contributed by atoms with Crippen LogP contribution in [0.3, 0.4) is 0 Å². The van der Waals surface area contributed by atoms with E-state index >= 15 is 0 Å². The molecule has 2 atom stereocenters. The Hall–Kier alpha value is -3.31. The highest BCUT2D eigenvalue weighted by atomic mass is 16.7. The second-order valence-corrected chi connectivity index (χ2v) is 9.32. The smallest absolute Gasteiger partial charge is 0.350 e. The largest absolute Gasteiger partial charge is 0.461 e. The maximum absolute atomic E-state index is 13.6. The molecule has 0 aromatic heterocycles. The molecule has 0 saturated carbocycles. The van der Waals surface area contributed by atoms with Gasteiger partial charge < -0.3 is 35.6 Å². The Labute approximate surface area is 215 Å². The van der Waals surface area contributed by atoms with Crippen LogP contribution in [0.15, 0.2) is 59.0 Å². The number of esters is 1. The average Bonchev–Trinajstić information content (AvgIpc) is 3.62. The zero-order chi connectivity index (χ0) is 26.6. The quantitative estimate of drug-likeness (QED) is 0.0893. The second kappa shape index (κ2) is 11.0. The Morgan fingerprint density at radius 3 is 2.59 bits per heavy atom. The van der Waals surface area contributed by atoms with E-state index in [1.807, 2.05) is 20.0 Å². The van der Waals surface area contributed by atoms with Crippen LogP contribution in [0.25, 0.3) is 0 Å². The van der Waals surface area contributed by atoms with E-state index in [1.165, 1.54) is 12.1 Å². The lowest BCUT2D eigenvalue weighted by Gasteiger charge is -2.25. The van der Waals surface area contributed by atoms with Gasteiger partial charge in [-0.2, -0.15) is 0 Å². The van der Waals surface area contributed by atoms with Gasteiger partial charge in [0.2, 0.25) is 5.78 Å². The first-order valence-electron chi connectivity index (χ1n) is 12.3. The van der Waals surface area contributed by atoms with Crippen molar-refractivity contribution in [3.8, 4) is 0 Å². The molecule has 1 saturated heterocycles. The van der Waals surface area contributed by atoms with Gasteiger partial charge in [-0.25, -0.2) is 4.79 Å². The number of aliphatic hydroxyl groups is 2. The van der Waals surface area contributed by atoms with Crippen molar-refractivity contribution in [2.45, 2.75) is 37.4 Å². The van der Waals surface area contributed by atoms with E-state index < -0.39 is 35.3 Å². The first kappa shape index (κ1) is 26.7. The van der Waals surface area contributed by atoms with Crippen LogP contribution in [0.5, 0.6) is 0 Å². The number of carbonyl (C=O) groups is 3. The summed E-state index contributed by atoms with van der Waals surface area (Å²) >= 11 is 0. The first-order valence-corrected chi connectivity index (χ1v) is 12.3. The van der Waals surface area contributed by atoms with Crippen molar-refractivity contribution in [1.82, 2.24) is 16.0 Å². The SMILES string of the molecule is CNCNC1=CC(CCC(C)=C(CO)CC23OC2(C(=O)OCCO)C(=O)c2ccccc2C3=O)=CCN1. The predicted molar refractivity (Wildman–Crippen MR) is 135 cm³/mol. The summed E-state index contributed by atoms with van der Waals surface area (Å²) in [6.45, 7) is 2.07. The van der Waals surface area contributed by atoms with Gasteiger partial charge in [0.1, 0.15) is 12.4 Å². The molecule has 10 heteroatoms. The normalized spacial score (nSPS) is 24.6. The number of dihydropyridines is 1. The minimum Gasteiger partial charge on any atom is -0.461 e. The lowest BCUT2D eigenvalue weighted by atomic mass is 9.71. The van der Waals surface area contributed by atoms with E-state index in [0.717, 1.165) is 17.0 Å². The summed E-state index contributed by atoms with van der Waals surface area (Å²) in [6.07, 6.45) is 5.30. The third-order valence-corrected chi connectivity index (χ3v) is 7.06. The zero-order valence-corrected chi connectivity index (χ0v) is 21.1. The monoisotopic (exact) mass is 511 g/mol. The number of aliphatic hydroxyl groups excluding tert-OH is 2. The Kier molecular flexibility index (Phi) is 7.93. The van der Waals surface area contributed by atoms with Gasteiger partial charge in [-0.3, -0.25) is 9.59 Å². The molecule has 0 radical (unpaired) electrons. The summed E-state index contributed by atoms with van der Waals surface area (Å²) < 4.78 is 10.9. The van der Waals surface area contributed by atoms with Gasteiger partial charge in [-0.05, 0) is 44.0 Å². The van der Waals surface area contributed by atoms with Crippen molar-refractivity contribution in [2.24, 2.45) is 0 Å². The van der Waals surface area contributed by atoms with Crippen LogP contribution in [0, 0.1) is 0 Å². The van der Waals surface area contributed by atoms with Crippen LogP contribution in [-0.2, 0) is 14.3 Å². The van der Waals surface area contributed by atoms with Gasteiger partial charge >= 0.3 is 5.97 Å². The molecule has 2 heterocycles. The molecule has 10 nitrogen and oxygen atoms in total. The topological polar surface area (TPSA) is 150 Å². The molecule has 2 aliphatic heterocycles. The number of ketones is 2. The highest BCUT2D eigenvalue weighted by molar-refractivity contribution is 6.32. The zero-order valence-electron chi connectivity index (χ0n) is 21.1. The molecular formula is C27H33N3O7. The van der Waals surface area contributed by atoms with Gasteiger partial charge in [-0.15, -0.1) is 0 Å². The van der Waals surface area contributed by atoms with Gasteiger partial charge in [0, 0.05) is 24.1 Å². The van der Waals surface area contributed by atoms with E-state index in [0.29, 0.717) is 31.6 Å². The molecule has 4 rings (SSSR count). The van der Waals surface area contributed by atoms with Crippen LogP contribution in [-0.4, -0.2) is 79.0 Å². The fourth-order valence-electron chi connectivity index (χ4n) is 4.95. The molecule has 5 N–H and O–H groups in total. The van der Waals surface area contributed by atoms with E-state index in [4.69, 9.17) is 14.6 Å². The number of nitrogens with one attached hydrogen (secondary N) is 3. The molecular weight excluding hydrogens is 478 g/mol. The van der Waals surface area contributed by atoms with Crippen molar-refractivity contribution in [1.29, 1.82) is 0 Å². The predicted octanol–water partition coefficient (Wildman–Crippen LogP) is 0.726. The summed E-state index contributed by atoms with van der Waals surface area (Å²) in [6, 6.07) is 6.27. The van der Waals surface area contributed by atoms with Crippen LogP contribution in [0.4, 0.5) is 0 Å². The summed E-state index contributed by atoms with van der Waals surface area (Å²) in [4.78, 5) is 40.1. The van der Waals surface area contributed by atoms with Crippen LogP contribution >= 0.6 is 0 Å². The van der Waals surface area contributed by atoms with Crippen LogP contribution in [0.1, 0.15) is 46.9 Å². The number of hydrogen-bond donors (Lipinski definition) is 5. The second-order valence-electron chi connectivity index (χ2n) is 9.32. The van der Waals surface area contributed by atoms with Crippen LogP contribution in [0.2, 0.25) is 0 Å². The third kappa shape index (κ3) is 4.73. The number of fused-ring (bicyclic) bond motifs is 2. The summed E-state index contributed by atoms with van der Waals surface area (Å²) in [5, 5.41) is 28.9. The molecule has 2 unspecified atom stereocenters. The fraction of sp³-hybridized carbons (Fsp3) is 0.444. The number of carbonyl (C=O) groups excluding carboxylic acids is 3. The number of allylic oxidation sites excluding steroid dienone is 3. The molecule has 1 aromatic carbocycles. The van der Waals surface area contributed by atoms with Crippen molar-refractivity contribution in [3.05, 3.63) is 70.1 Å². The molecule has 1 aromatic rings. The average molecular weight is 512 g/mol. The number of rotatable bonds is 12. The highest BCUT2D eigenvalue weighted by Crippen LogP contribution is 2.59. The Morgan fingerprint density at radius 2 is 1.92 bits per heavy atom. The summed E-state index contributed by atoms with van der Waals surface area (Å²) in [7, 11) is 1.85. The molecule has 198 valence electrons. The minimum atomic E-state index is -2.12. The van der Waals surface area contributed by atoms with Gasteiger partial charge in [0.05, 0.1) is 19.9 Å². The van der Waals surface area contributed by atoms with Gasteiger partial charge in [0.15, 0.2) is 11.4 Å². The Bertz CT molecular complexity index is 1190. The van der Waals surface area contributed by atoms with E-state index in [1.54, 1.807) is 12.1 Å². The minimum absolute atomic E-state index is 0.0974. The molecule has 0 spiro atoms. The van der Waals surface area contributed by atoms with Crippen molar-refractivity contribution < 1.29 is 34.1 Å². The Morgan fingerprint density at radius 1 is 1.19 bits per heavy atom. The van der Waals surface area contributed by atoms with Gasteiger partial charge in [0.25, 0.3) is 5.60 Å². The maximum Gasteiger partial charge on any atom is 0.350 e. The molecule has 1 fully saturated rings. The fourth-order valence-corrected chi connectivity index (χ4v) is 4.95. The van der Waals surface area contributed by atoms with Crippen molar-refractivity contribution in [2.75, 3.05) is 40.1 Å². The number of epoxide rings is 1. The lowest BCUT2D eigenvalue weighted by molar-refractivity contribution is -0.149. The number of ether oxygens (including phenoxy) is 2. The van der Waals surface area contributed by atoms with Crippen molar-refractivity contribution >= 4 is 17.5 Å². The van der Waals surface area contributed by atoms with E-state index in [-0.39, 0.29) is 30.8 Å². The van der Waals surface area contributed by atoms with E-state index in [2.05, 4.69) is 22.0 Å². The van der Waals surface area contributed by atoms with E-state index in [9.17, 15) is 19.5 Å². The molecule has 0 bridgehead atoms. The highest BCUT2D eigenvalue weighted by Gasteiger charge is 2.85. The molecule has 3 aliphatic rings. The number of benzene rings is 1. The number of hydrogen-bond acceptors (Lipinski definition) is 10. The van der Waals surface area contributed by atoms with Crippen molar-refractivity contribution in [3.63, 3.8) is 0 Å². The van der Waals surface area contributed by atoms with Gasteiger partial charge in [-0.1, -0.05) is 35.9 Å². The molecule has 0 amide bonds. The van der Waals surface area contributed by atoms with Crippen LogP contribution < -0.4 is 16.0 Å². The molecule has 1 aliphatic carbocycles. The standard InChI is InChI=1S/C27H33N3O7/c1-17(7-8-18-9-10-29-22(13-18)30-16-28-2)19(15-32)14-26-23(33)20-5-3-4-6-21(20)24(34)27(26,37-26)25(35)36-12-11-31/h3-6,9,13,28-32H,7-8,10-12,14-16H2,1-2H3. The Balaban J connectivity index is 1.59. The molecule has 37 heavy (non-hydrogen) atoms. The summed E-state index contributed by atoms with van der Waals surface area (Å²) in [5.41, 5.74) is -1.14. The third-order valence-electron chi connectivity index (χ3n) is 7.06. The maximum atomic E-state index is 13.6. The first-order chi connectivity index (χ1) is 17.8. The lowest BCUT2D eigenvalue weighted by Crippen LogP contribution is -2.51. The summed E-state index contributed by atoms with van der Waals surface area (Å²) in [5.74, 6) is -1.23. The number of Topliss-reactive ketones (excluding diaryl/α,β-unsaturated/α-hetero) is 2.